The number of aromatic nitrogens is 1. The molecule has 0 aromatic carbocycles. The van der Waals surface area contributed by atoms with Crippen LogP contribution in [0.2, 0.25) is 0 Å². The molecule has 0 bridgehead atoms. The number of amides is 1. The van der Waals surface area contributed by atoms with Crippen molar-refractivity contribution in [3.05, 3.63) is 18.3 Å². The first-order chi connectivity index (χ1) is 8.50. The molecule has 18 heavy (non-hydrogen) atoms. The predicted octanol–water partition coefficient (Wildman–Crippen LogP) is 0.585. The summed E-state index contributed by atoms with van der Waals surface area (Å²) in [5, 5.41) is 8.97. The topological polar surface area (TPSA) is 73.7 Å². The van der Waals surface area contributed by atoms with Gasteiger partial charge >= 0.3 is 5.97 Å². The average Bonchev–Trinajstić information content (AvgIpc) is 2.71. The van der Waals surface area contributed by atoms with Gasteiger partial charge in [0.2, 0.25) is 5.91 Å². The molecule has 1 aliphatic heterocycles. The standard InChI is InChI=1S/C12H15N3O3/c1-14(2)11-9(4-3-5-13-11)15-7-8(12(17)18)6-10(15)16/h3-5,8H,6-7H2,1-2H3,(H,17,18). The van der Waals surface area contributed by atoms with Crippen LogP contribution in [0.4, 0.5) is 11.5 Å². The maximum atomic E-state index is 11.9. The number of carboxylic acids is 1. The first kappa shape index (κ1) is 12.3. The molecular formula is C12H15N3O3. The van der Waals surface area contributed by atoms with Gasteiger partial charge in [-0.1, -0.05) is 0 Å². The number of nitrogens with zero attached hydrogens (tertiary/aromatic N) is 3. The van der Waals surface area contributed by atoms with Gasteiger partial charge in [0.15, 0.2) is 5.82 Å². The molecule has 1 fully saturated rings. The van der Waals surface area contributed by atoms with Gasteiger partial charge in [0.25, 0.3) is 0 Å². The highest BCUT2D eigenvalue weighted by Gasteiger charge is 2.36. The highest BCUT2D eigenvalue weighted by Crippen LogP contribution is 2.31. The van der Waals surface area contributed by atoms with Crippen LogP contribution in [0.15, 0.2) is 18.3 Å². The van der Waals surface area contributed by atoms with E-state index in [0.717, 1.165) is 0 Å². The number of pyridine rings is 1. The molecule has 1 aromatic rings. The molecule has 6 heteroatoms. The van der Waals surface area contributed by atoms with E-state index >= 15 is 0 Å². The summed E-state index contributed by atoms with van der Waals surface area (Å²) in [6.07, 6.45) is 1.70. The molecule has 0 spiro atoms. The van der Waals surface area contributed by atoms with Crippen molar-refractivity contribution in [2.24, 2.45) is 5.92 Å². The normalized spacial score (nSPS) is 19.1. The van der Waals surface area contributed by atoms with Crippen LogP contribution in [0.3, 0.4) is 0 Å². The lowest BCUT2D eigenvalue weighted by Crippen LogP contribution is -2.28. The molecule has 1 N–H and O–H groups in total. The quantitative estimate of drug-likeness (QED) is 0.848. The average molecular weight is 249 g/mol. The van der Waals surface area contributed by atoms with E-state index in [2.05, 4.69) is 4.98 Å². The van der Waals surface area contributed by atoms with Crippen LogP contribution in [0.1, 0.15) is 6.42 Å². The van der Waals surface area contributed by atoms with Crippen LogP contribution in [0.25, 0.3) is 0 Å². The van der Waals surface area contributed by atoms with E-state index in [1.54, 1.807) is 23.2 Å². The second-order valence-corrected chi connectivity index (χ2v) is 4.48. The molecule has 1 aliphatic rings. The minimum Gasteiger partial charge on any atom is -0.481 e. The fourth-order valence-corrected chi connectivity index (χ4v) is 2.05. The van der Waals surface area contributed by atoms with Crippen molar-refractivity contribution in [2.75, 3.05) is 30.4 Å². The fraction of sp³-hybridized carbons (Fsp3) is 0.417. The van der Waals surface area contributed by atoms with E-state index in [1.165, 1.54) is 4.90 Å². The van der Waals surface area contributed by atoms with Gasteiger partial charge in [-0.15, -0.1) is 0 Å². The lowest BCUT2D eigenvalue weighted by molar-refractivity contribution is -0.141. The van der Waals surface area contributed by atoms with E-state index in [1.807, 2.05) is 14.1 Å². The monoisotopic (exact) mass is 249 g/mol. The largest absolute Gasteiger partial charge is 0.481 e. The highest BCUT2D eigenvalue weighted by molar-refractivity contribution is 6.01. The van der Waals surface area contributed by atoms with E-state index in [-0.39, 0.29) is 18.9 Å². The molecule has 1 unspecified atom stereocenters. The minimum atomic E-state index is -0.929. The second-order valence-electron chi connectivity index (χ2n) is 4.48. The summed E-state index contributed by atoms with van der Waals surface area (Å²) < 4.78 is 0. The van der Waals surface area contributed by atoms with Gasteiger partial charge < -0.3 is 14.9 Å². The number of rotatable bonds is 3. The molecule has 1 atom stereocenters. The maximum Gasteiger partial charge on any atom is 0.308 e. The van der Waals surface area contributed by atoms with Gasteiger partial charge in [0, 0.05) is 33.3 Å². The Bertz CT molecular complexity index is 487. The highest BCUT2D eigenvalue weighted by atomic mass is 16.4. The Morgan fingerprint density at radius 2 is 2.28 bits per heavy atom. The Balaban J connectivity index is 2.33. The number of carbonyl (C=O) groups excluding carboxylic acids is 1. The Labute approximate surface area is 105 Å². The summed E-state index contributed by atoms with van der Waals surface area (Å²) in [5.74, 6) is -1.07. The Kier molecular flexibility index (Phi) is 3.18. The summed E-state index contributed by atoms with van der Waals surface area (Å²) in [5.41, 5.74) is 0.663. The summed E-state index contributed by atoms with van der Waals surface area (Å²) >= 11 is 0. The zero-order chi connectivity index (χ0) is 13.3. The number of anilines is 2. The SMILES string of the molecule is CN(C)c1ncccc1N1CC(C(=O)O)CC1=O. The molecule has 0 saturated carbocycles. The Morgan fingerprint density at radius 1 is 1.56 bits per heavy atom. The first-order valence-electron chi connectivity index (χ1n) is 5.66. The smallest absolute Gasteiger partial charge is 0.308 e. The molecule has 0 aliphatic carbocycles. The van der Waals surface area contributed by atoms with Crippen molar-refractivity contribution in [2.45, 2.75) is 6.42 Å². The molecule has 2 rings (SSSR count). The molecule has 1 saturated heterocycles. The lowest BCUT2D eigenvalue weighted by Gasteiger charge is -2.22. The van der Waals surface area contributed by atoms with Crippen molar-refractivity contribution in [3.8, 4) is 0 Å². The summed E-state index contributed by atoms with van der Waals surface area (Å²) in [4.78, 5) is 30.3. The van der Waals surface area contributed by atoms with E-state index in [4.69, 9.17) is 5.11 Å². The van der Waals surface area contributed by atoms with Crippen molar-refractivity contribution in [1.29, 1.82) is 0 Å². The molecule has 6 nitrogen and oxygen atoms in total. The predicted molar refractivity (Wildman–Crippen MR) is 66.7 cm³/mol. The summed E-state index contributed by atoms with van der Waals surface area (Å²) in [7, 11) is 3.67. The van der Waals surface area contributed by atoms with Crippen molar-refractivity contribution in [1.82, 2.24) is 4.98 Å². The number of carbonyl (C=O) groups is 2. The van der Waals surface area contributed by atoms with Gasteiger partial charge in [-0.05, 0) is 12.1 Å². The van der Waals surface area contributed by atoms with Crippen LogP contribution >= 0.6 is 0 Å². The Hall–Kier alpha value is -2.11. The van der Waals surface area contributed by atoms with Crippen LogP contribution < -0.4 is 9.80 Å². The van der Waals surface area contributed by atoms with Gasteiger partial charge in [-0.2, -0.15) is 0 Å². The second kappa shape index (κ2) is 4.64. The fourth-order valence-electron chi connectivity index (χ4n) is 2.05. The van der Waals surface area contributed by atoms with Crippen LogP contribution in [0.5, 0.6) is 0 Å². The van der Waals surface area contributed by atoms with Crippen molar-refractivity contribution >= 4 is 23.4 Å². The molecule has 1 amide bonds. The molecule has 96 valence electrons. The molecule has 0 radical (unpaired) electrons. The molecular weight excluding hydrogens is 234 g/mol. The van der Waals surface area contributed by atoms with Gasteiger partial charge in [-0.25, -0.2) is 4.98 Å². The van der Waals surface area contributed by atoms with Gasteiger partial charge in [0.05, 0.1) is 11.6 Å². The number of hydrogen-bond acceptors (Lipinski definition) is 4. The van der Waals surface area contributed by atoms with Crippen LogP contribution in [0, 0.1) is 5.92 Å². The zero-order valence-electron chi connectivity index (χ0n) is 10.3. The van der Waals surface area contributed by atoms with Gasteiger partial charge in [0.1, 0.15) is 0 Å². The van der Waals surface area contributed by atoms with E-state index in [9.17, 15) is 9.59 Å². The minimum absolute atomic E-state index is 0.0527. The third-order valence-electron chi connectivity index (χ3n) is 2.95. The number of aliphatic carboxylic acids is 1. The van der Waals surface area contributed by atoms with Crippen LogP contribution in [-0.4, -0.2) is 42.6 Å². The van der Waals surface area contributed by atoms with Gasteiger partial charge in [-0.3, -0.25) is 9.59 Å². The van der Waals surface area contributed by atoms with E-state index < -0.39 is 11.9 Å². The van der Waals surface area contributed by atoms with Crippen molar-refractivity contribution in [3.63, 3.8) is 0 Å². The van der Waals surface area contributed by atoms with E-state index in [0.29, 0.717) is 11.5 Å². The summed E-state index contributed by atoms with van der Waals surface area (Å²) in [6, 6.07) is 3.52. The third-order valence-corrected chi connectivity index (χ3v) is 2.95. The number of hydrogen-bond donors (Lipinski definition) is 1. The van der Waals surface area contributed by atoms with Crippen molar-refractivity contribution < 1.29 is 14.7 Å². The zero-order valence-corrected chi connectivity index (χ0v) is 10.3. The maximum absolute atomic E-state index is 11.9. The summed E-state index contributed by atoms with van der Waals surface area (Å²) in [6.45, 7) is 0.209. The van der Waals surface area contributed by atoms with Crippen LogP contribution in [-0.2, 0) is 9.59 Å². The first-order valence-corrected chi connectivity index (χ1v) is 5.66. The lowest BCUT2D eigenvalue weighted by atomic mass is 10.1. The molecule has 1 aromatic heterocycles. The Morgan fingerprint density at radius 3 is 2.83 bits per heavy atom. The number of carboxylic acid groups (broad SMARTS) is 1. The third kappa shape index (κ3) is 2.13. The molecule has 2 heterocycles.